The van der Waals surface area contributed by atoms with Gasteiger partial charge in [-0.15, -0.1) is 0 Å². The molecule has 3 heteroatoms. The van der Waals surface area contributed by atoms with E-state index in [0.717, 1.165) is 10.8 Å². The summed E-state index contributed by atoms with van der Waals surface area (Å²) in [6.45, 7) is 0. The van der Waals surface area contributed by atoms with Gasteiger partial charge in [-0.3, -0.25) is 4.79 Å². The molecule has 0 radical (unpaired) electrons. The molecule has 0 fully saturated rings. The number of carbonyl (C=O) groups excluding carboxylic acids is 1. The smallest absolute Gasteiger partial charge is 0.312 e. The zero-order valence-corrected chi connectivity index (χ0v) is 9.22. The van der Waals surface area contributed by atoms with Gasteiger partial charge in [-0.05, 0) is 22.9 Å². The average molecular weight is 225 g/mol. The highest BCUT2D eigenvalue weighted by Crippen LogP contribution is 2.20. The van der Waals surface area contributed by atoms with E-state index in [1.807, 2.05) is 42.5 Å². The molecule has 0 saturated heterocycles. The summed E-state index contributed by atoms with van der Waals surface area (Å²) < 4.78 is 5.13. The molecule has 2 rings (SSSR count). The second-order valence-corrected chi connectivity index (χ2v) is 3.64. The first kappa shape index (κ1) is 11.2. The fourth-order valence-corrected chi connectivity index (χ4v) is 1.57. The van der Waals surface area contributed by atoms with Gasteiger partial charge in [-0.1, -0.05) is 30.3 Å². The van der Waals surface area contributed by atoms with Gasteiger partial charge in [0.05, 0.1) is 12.5 Å². The molecule has 0 saturated carbocycles. The molecule has 0 spiro atoms. The van der Waals surface area contributed by atoms with Gasteiger partial charge < -0.3 is 4.74 Å². The first-order valence-corrected chi connectivity index (χ1v) is 5.36. The van der Waals surface area contributed by atoms with Crippen LogP contribution in [0.3, 0.4) is 0 Å². The Labute approximate surface area is 99.2 Å². The lowest BCUT2D eigenvalue weighted by molar-refractivity contribution is -0.134. The van der Waals surface area contributed by atoms with E-state index in [1.165, 1.54) is 0 Å². The van der Waals surface area contributed by atoms with E-state index in [2.05, 4.69) is 0 Å². The molecule has 0 aliphatic heterocycles. The third kappa shape index (κ3) is 2.82. The number of rotatable bonds is 3. The second kappa shape index (κ2) is 5.13. The number of hydrogen-bond acceptors (Lipinski definition) is 3. The lowest BCUT2D eigenvalue weighted by Crippen LogP contribution is -2.06. The summed E-state index contributed by atoms with van der Waals surface area (Å²) >= 11 is 0. The minimum atomic E-state index is -0.373. The van der Waals surface area contributed by atoms with Gasteiger partial charge in [0.25, 0.3) is 0 Å². The summed E-state index contributed by atoms with van der Waals surface area (Å²) in [5.74, 6) is 0.147. The maximum Gasteiger partial charge on any atom is 0.312 e. The van der Waals surface area contributed by atoms with Crippen LogP contribution in [-0.4, -0.2) is 5.97 Å². The molecule has 0 N–H and O–H groups in total. The van der Waals surface area contributed by atoms with E-state index >= 15 is 0 Å². The summed E-state index contributed by atoms with van der Waals surface area (Å²) in [4.78, 5) is 11.3. The van der Waals surface area contributed by atoms with E-state index in [-0.39, 0.29) is 18.8 Å². The van der Waals surface area contributed by atoms with Crippen molar-refractivity contribution in [3.63, 3.8) is 0 Å². The Morgan fingerprint density at radius 1 is 1.18 bits per heavy atom. The van der Waals surface area contributed by atoms with Gasteiger partial charge in [-0.2, -0.15) is 5.26 Å². The van der Waals surface area contributed by atoms with Gasteiger partial charge in [0.1, 0.15) is 5.75 Å². The van der Waals surface area contributed by atoms with Gasteiger partial charge in [0.15, 0.2) is 0 Å². The van der Waals surface area contributed by atoms with Crippen molar-refractivity contribution in [2.24, 2.45) is 0 Å². The van der Waals surface area contributed by atoms with E-state index < -0.39 is 0 Å². The predicted molar refractivity (Wildman–Crippen MR) is 64.4 cm³/mol. The monoisotopic (exact) mass is 225 g/mol. The van der Waals surface area contributed by atoms with E-state index in [0.29, 0.717) is 5.75 Å². The molecule has 84 valence electrons. The minimum absolute atomic E-state index is 0.128. The van der Waals surface area contributed by atoms with Crippen molar-refractivity contribution in [3.8, 4) is 11.8 Å². The Morgan fingerprint density at radius 2 is 1.94 bits per heavy atom. The van der Waals surface area contributed by atoms with Gasteiger partial charge >= 0.3 is 5.97 Å². The van der Waals surface area contributed by atoms with Crippen LogP contribution in [0.5, 0.6) is 5.75 Å². The van der Waals surface area contributed by atoms with Gasteiger partial charge in [0, 0.05) is 6.42 Å². The van der Waals surface area contributed by atoms with Crippen molar-refractivity contribution in [3.05, 3.63) is 42.5 Å². The molecule has 0 amide bonds. The van der Waals surface area contributed by atoms with Crippen LogP contribution in [0.1, 0.15) is 12.8 Å². The average Bonchev–Trinajstić information content (AvgIpc) is 2.36. The highest BCUT2D eigenvalue weighted by molar-refractivity contribution is 5.84. The van der Waals surface area contributed by atoms with Crippen molar-refractivity contribution in [2.75, 3.05) is 0 Å². The van der Waals surface area contributed by atoms with Crippen LogP contribution < -0.4 is 4.74 Å². The summed E-state index contributed by atoms with van der Waals surface area (Å²) in [5.41, 5.74) is 0. The van der Waals surface area contributed by atoms with Gasteiger partial charge in [-0.25, -0.2) is 0 Å². The van der Waals surface area contributed by atoms with E-state index in [4.69, 9.17) is 10.00 Å². The number of hydrogen-bond donors (Lipinski definition) is 0. The van der Waals surface area contributed by atoms with E-state index in [1.54, 1.807) is 6.07 Å². The molecule has 0 aliphatic carbocycles. The number of esters is 1. The Hall–Kier alpha value is -2.34. The van der Waals surface area contributed by atoms with Crippen LogP contribution in [0, 0.1) is 11.3 Å². The van der Waals surface area contributed by atoms with Crippen LogP contribution in [0.25, 0.3) is 10.8 Å². The molecule has 0 aromatic heterocycles. The lowest BCUT2D eigenvalue weighted by Gasteiger charge is -2.04. The van der Waals surface area contributed by atoms with E-state index in [9.17, 15) is 4.79 Å². The van der Waals surface area contributed by atoms with Crippen LogP contribution >= 0.6 is 0 Å². The van der Waals surface area contributed by atoms with Gasteiger partial charge in [0.2, 0.25) is 0 Å². The number of nitrogens with zero attached hydrogens (tertiary/aromatic N) is 1. The second-order valence-electron chi connectivity index (χ2n) is 3.64. The number of fused-ring (bicyclic) bond motifs is 1. The predicted octanol–water partition coefficient (Wildman–Crippen LogP) is 3.05. The first-order chi connectivity index (χ1) is 8.29. The summed E-state index contributed by atoms with van der Waals surface area (Å²) in [6, 6.07) is 15.2. The fraction of sp³-hybridized carbons (Fsp3) is 0.143. The number of nitriles is 1. The molecule has 17 heavy (non-hydrogen) atoms. The lowest BCUT2D eigenvalue weighted by atomic mass is 10.1. The molecular formula is C14H11NO2. The van der Waals surface area contributed by atoms with Crippen LogP contribution in [-0.2, 0) is 4.79 Å². The molecule has 0 bridgehead atoms. The highest BCUT2D eigenvalue weighted by Gasteiger charge is 2.04. The maximum atomic E-state index is 11.3. The number of ether oxygens (including phenoxy) is 1. The third-order valence-electron chi connectivity index (χ3n) is 2.39. The van der Waals surface area contributed by atoms with Crippen molar-refractivity contribution in [1.29, 1.82) is 5.26 Å². The minimum Gasteiger partial charge on any atom is -0.426 e. The van der Waals surface area contributed by atoms with Crippen LogP contribution in [0.4, 0.5) is 0 Å². The Kier molecular flexibility index (Phi) is 3.37. The first-order valence-electron chi connectivity index (χ1n) is 5.36. The number of benzene rings is 2. The topological polar surface area (TPSA) is 50.1 Å². The molecule has 2 aromatic rings. The summed E-state index contributed by atoms with van der Waals surface area (Å²) in [6.07, 6.45) is 0.315. The molecule has 2 aromatic carbocycles. The third-order valence-corrected chi connectivity index (χ3v) is 2.39. The Bertz CT molecular complexity index is 584. The zero-order chi connectivity index (χ0) is 12.1. The highest BCUT2D eigenvalue weighted by atomic mass is 16.5. The number of carbonyl (C=O) groups is 1. The molecule has 0 atom stereocenters. The van der Waals surface area contributed by atoms with Crippen LogP contribution in [0.2, 0.25) is 0 Å². The Balaban J connectivity index is 2.14. The van der Waals surface area contributed by atoms with Crippen molar-refractivity contribution >= 4 is 16.7 Å². The van der Waals surface area contributed by atoms with Crippen molar-refractivity contribution in [2.45, 2.75) is 12.8 Å². The standard InChI is InChI=1S/C14H11NO2/c15-9-3-6-14(16)17-13-8-7-11-4-1-2-5-12(11)10-13/h1-2,4-5,7-8,10H,3,6H2. The quantitative estimate of drug-likeness (QED) is 0.595. The van der Waals surface area contributed by atoms with Crippen molar-refractivity contribution < 1.29 is 9.53 Å². The molecule has 0 aliphatic rings. The Morgan fingerprint density at radius 3 is 2.71 bits per heavy atom. The molecule has 0 heterocycles. The van der Waals surface area contributed by atoms with Crippen LogP contribution in [0.15, 0.2) is 42.5 Å². The SMILES string of the molecule is N#CCCC(=O)Oc1ccc2ccccc2c1. The molecule has 3 nitrogen and oxygen atoms in total. The fourth-order valence-electron chi connectivity index (χ4n) is 1.57. The summed E-state index contributed by atoms with van der Waals surface area (Å²) in [5, 5.41) is 10.5. The normalized spacial score (nSPS) is 9.82. The largest absolute Gasteiger partial charge is 0.426 e. The zero-order valence-electron chi connectivity index (χ0n) is 9.22. The maximum absolute atomic E-state index is 11.3. The van der Waals surface area contributed by atoms with Crippen molar-refractivity contribution in [1.82, 2.24) is 0 Å². The molecular weight excluding hydrogens is 214 g/mol. The summed E-state index contributed by atoms with van der Waals surface area (Å²) in [7, 11) is 0. The molecule has 0 unspecified atom stereocenters.